The van der Waals surface area contributed by atoms with Crippen molar-refractivity contribution in [3.8, 4) is 28.4 Å². The van der Waals surface area contributed by atoms with Gasteiger partial charge in [0.05, 0.1) is 30.7 Å². The van der Waals surface area contributed by atoms with E-state index in [2.05, 4.69) is 15.9 Å². The second-order valence-corrected chi connectivity index (χ2v) is 9.74. The van der Waals surface area contributed by atoms with E-state index in [1.54, 1.807) is 32.4 Å². The van der Waals surface area contributed by atoms with Crippen LogP contribution in [0.15, 0.2) is 68.3 Å². The topological polar surface area (TPSA) is 61.1 Å². The molecule has 38 heavy (non-hydrogen) atoms. The number of fused-ring (bicyclic) bond motifs is 3. The van der Waals surface area contributed by atoms with Gasteiger partial charge in [0.1, 0.15) is 18.1 Å². The van der Waals surface area contributed by atoms with E-state index in [9.17, 15) is 18.0 Å². The van der Waals surface area contributed by atoms with Gasteiger partial charge in [0.25, 0.3) is 0 Å². The highest BCUT2D eigenvalue weighted by Crippen LogP contribution is 2.40. The summed E-state index contributed by atoms with van der Waals surface area (Å²) in [6, 6.07) is 14.8. The Labute approximate surface area is 224 Å². The summed E-state index contributed by atoms with van der Waals surface area (Å²) in [7, 11) is 3.13. The minimum absolute atomic E-state index is 0.0695. The summed E-state index contributed by atoms with van der Waals surface area (Å²) in [4.78, 5) is 15.4. The van der Waals surface area contributed by atoms with Crippen molar-refractivity contribution in [1.29, 1.82) is 0 Å². The molecular weight excluding hydrogens is 567 g/mol. The van der Waals surface area contributed by atoms with Gasteiger partial charge in [0.15, 0.2) is 11.5 Å². The van der Waals surface area contributed by atoms with Crippen LogP contribution in [0.5, 0.6) is 17.2 Å². The molecule has 0 spiro atoms. The van der Waals surface area contributed by atoms with Crippen LogP contribution in [0.3, 0.4) is 0 Å². The Bertz CT molecular complexity index is 1550. The van der Waals surface area contributed by atoms with Crippen molar-refractivity contribution < 1.29 is 31.8 Å². The number of hydrogen-bond donors (Lipinski definition) is 0. The monoisotopic (exact) mass is 589 g/mol. The van der Waals surface area contributed by atoms with Crippen molar-refractivity contribution in [3.63, 3.8) is 0 Å². The number of ether oxygens (including phenoxy) is 3. The highest BCUT2D eigenvalue weighted by Gasteiger charge is 2.40. The van der Waals surface area contributed by atoms with Crippen LogP contribution in [0.1, 0.15) is 16.9 Å². The van der Waals surface area contributed by atoms with Gasteiger partial charge in [-0.2, -0.15) is 13.2 Å². The molecule has 1 aliphatic rings. The van der Waals surface area contributed by atoms with Crippen molar-refractivity contribution in [2.75, 3.05) is 27.5 Å². The SMILES string of the molecule is COc1ccc(CCN2COc3ccc4c(=O)c(-c5ccc(Br)cc5)c(C(F)(F)F)oc4c3C2)cc1OC. The molecular formula is C28H23BrF3NO5. The molecule has 0 aliphatic carbocycles. The molecule has 6 nitrogen and oxygen atoms in total. The number of benzene rings is 3. The third kappa shape index (κ3) is 4.98. The van der Waals surface area contributed by atoms with E-state index in [1.165, 1.54) is 18.2 Å². The van der Waals surface area contributed by atoms with Crippen molar-refractivity contribution in [1.82, 2.24) is 4.90 Å². The zero-order valence-corrected chi connectivity index (χ0v) is 22.1. The van der Waals surface area contributed by atoms with Gasteiger partial charge in [0.2, 0.25) is 11.2 Å². The Morgan fingerprint density at radius 2 is 1.74 bits per heavy atom. The van der Waals surface area contributed by atoms with Crippen molar-refractivity contribution in [3.05, 3.63) is 86.2 Å². The van der Waals surface area contributed by atoms with Gasteiger partial charge in [-0.3, -0.25) is 9.69 Å². The maximum atomic E-state index is 14.2. The van der Waals surface area contributed by atoms with E-state index in [4.69, 9.17) is 18.6 Å². The highest BCUT2D eigenvalue weighted by molar-refractivity contribution is 9.10. The maximum absolute atomic E-state index is 14.2. The standard InChI is InChI=1S/C28H23BrF3NO5/c1-35-22-9-3-16(13-23(22)36-2)11-12-33-14-20-21(37-15-33)10-8-19-25(34)24(17-4-6-18(29)7-5-17)27(28(30,31)32)38-26(19)20/h3-10,13H,11-12,14-15H2,1-2H3. The summed E-state index contributed by atoms with van der Waals surface area (Å²) in [6.45, 7) is 1.07. The molecule has 0 amide bonds. The Morgan fingerprint density at radius 3 is 2.42 bits per heavy atom. The van der Waals surface area contributed by atoms with Gasteiger partial charge in [0, 0.05) is 17.6 Å². The summed E-state index contributed by atoms with van der Waals surface area (Å²) in [5.41, 5.74) is 0.159. The molecule has 5 rings (SSSR count). The number of halogens is 4. The first-order valence-corrected chi connectivity index (χ1v) is 12.5. The zero-order valence-electron chi connectivity index (χ0n) is 20.5. The highest BCUT2D eigenvalue weighted by atomic mass is 79.9. The molecule has 0 saturated heterocycles. The first-order chi connectivity index (χ1) is 18.2. The van der Waals surface area contributed by atoms with Crippen LogP contribution >= 0.6 is 15.9 Å². The molecule has 0 unspecified atom stereocenters. The van der Waals surface area contributed by atoms with E-state index in [-0.39, 0.29) is 29.8 Å². The summed E-state index contributed by atoms with van der Waals surface area (Å²) in [5, 5.41) is 0.0695. The average Bonchev–Trinajstić information content (AvgIpc) is 2.91. The normalized spacial score (nSPS) is 13.7. The lowest BCUT2D eigenvalue weighted by Crippen LogP contribution is -2.34. The molecule has 0 radical (unpaired) electrons. The van der Waals surface area contributed by atoms with Crippen molar-refractivity contribution in [2.24, 2.45) is 0 Å². The third-order valence-corrected chi connectivity index (χ3v) is 6.99. The molecule has 0 saturated carbocycles. The number of nitrogens with zero attached hydrogens (tertiary/aromatic N) is 1. The number of alkyl halides is 3. The minimum atomic E-state index is -4.87. The van der Waals surface area contributed by atoms with Crippen LogP contribution in [0.25, 0.3) is 22.1 Å². The molecule has 1 aliphatic heterocycles. The predicted octanol–water partition coefficient (Wildman–Crippen LogP) is 6.65. The van der Waals surface area contributed by atoms with Gasteiger partial charge >= 0.3 is 6.18 Å². The first-order valence-electron chi connectivity index (χ1n) is 11.7. The lowest BCUT2D eigenvalue weighted by atomic mass is 10.00. The van der Waals surface area contributed by atoms with E-state index in [0.29, 0.717) is 40.3 Å². The molecule has 0 bridgehead atoms. The first kappa shape index (κ1) is 26.1. The fraction of sp³-hybridized carbons (Fsp3) is 0.250. The van der Waals surface area contributed by atoms with E-state index in [1.807, 2.05) is 23.1 Å². The smallest absolute Gasteiger partial charge is 0.450 e. The largest absolute Gasteiger partial charge is 0.493 e. The summed E-state index contributed by atoms with van der Waals surface area (Å²) >= 11 is 3.27. The van der Waals surface area contributed by atoms with Gasteiger partial charge in [-0.1, -0.05) is 34.1 Å². The zero-order chi connectivity index (χ0) is 27.0. The van der Waals surface area contributed by atoms with Crippen LogP contribution < -0.4 is 19.6 Å². The average molecular weight is 590 g/mol. The van der Waals surface area contributed by atoms with Crippen LogP contribution in [0.4, 0.5) is 13.2 Å². The van der Waals surface area contributed by atoms with E-state index >= 15 is 0 Å². The fourth-order valence-electron chi connectivity index (χ4n) is 4.56. The van der Waals surface area contributed by atoms with E-state index < -0.39 is 22.9 Å². The molecule has 10 heteroatoms. The molecule has 3 aromatic carbocycles. The quantitative estimate of drug-likeness (QED) is 0.251. The van der Waals surface area contributed by atoms with Gasteiger partial charge in [-0.05, 0) is 53.9 Å². The fourth-order valence-corrected chi connectivity index (χ4v) is 4.82. The Morgan fingerprint density at radius 1 is 1.00 bits per heavy atom. The molecule has 2 heterocycles. The van der Waals surface area contributed by atoms with Crippen molar-refractivity contribution >= 4 is 26.9 Å². The van der Waals surface area contributed by atoms with Gasteiger partial charge < -0.3 is 18.6 Å². The maximum Gasteiger partial charge on any atom is 0.450 e. The number of hydrogen-bond acceptors (Lipinski definition) is 6. The lowest BCUT2D eigenvalue weighted by molar-refractivity contribution is -0.152. The van der Waals surface area contributed by atoms with Crippen molar-refractivity contribution in [2.45, 2.75) is 19.1 Å². The van der Waals surface area contributed by atoms with Gasteiger partial charge in [-0.25, -0.2) is 0 Å². The second-order valence-electron chi connectivity index (χ2n) is 8.82. The van der Waals surface area contributed by atoms with E-state index in [0.717, 1.165) is 5.56 Å². The predicted molar refractivity (Wildman–Crippen MR) is 140 cm³/mol. The summed E-state index contributed by atoms with van der Waals surface area (Å²) < 4.78 is 65.1. The summed E-state index contributed by atoms with van der Waals surface area (Å²) in [6.07, 6.45) is -4.24. The molecule has 4 aromatic rings. The van der Waals surface area contributed by atoms with Crippen LogP contribution in [0.2, 0.25) is 0 Å². The van der Waals surface area contributed by atoms with Crippen LogP contribution in [-0.4, -0.2) is 32.4 Å². The Kier molecular flexibility index (Phi) is 7.11. The third-order valence-electron chi connectivity index (χ3n) is 6.46. The molecule has 0 atom stereocenters. The molecule has 0 N–H and O–H groups in total. The number of methoxy groups -OCH3 is 2. The second kappa shape index (κ2) is 10.3. The van der Waals surface area contributed by atoms with Gasteiger partial charge in [-0.15, -0.1) is 0 Å². The van der Waals surface area contributed by atoms with Crippen LogP contribution in [-0.2, 0) is 19.1 Å². The lowest BCUT2D eigenvalue weighted by Gasteiger charge is -2.29. The molecule has 1 aromatic heterocycles. The summed E-state index contributed by atoms with van der Waals surface area (Å²) in [5.74, 6) is 0.302. The number of rotatable bonds is 6. The molecule has 0 fully saturated rings. The minimum Gasteiger partial charge on any atom is -0.493 e. The Hall–Kier alpha value is -3.50. The van der Waals surface area contributed by atoms with Crippen LogP contribution in [0, 0.1) is 0 Å². The molecule has 198 valence electrons. The Balaban J connectivity index is 1.51.